The molecule has 0 spiro atoms. The fraction of sp³-hybridized carbons (Fsp3) is 0.556. The van der Waals surface area contributed by atoms with Gasteiger partial charge in [-0.25, -0.2) is 4.98 Å². The van der Waals surface area contributed by atoms with Crippen LogP contribution in [0.2, 0.25) is 0 Å². The van der Waals surface area contributed by atoms with Gasteiger partial charge in [0.2, 0.25) is 5.89 Å². The predicted octanol–water partition coefficient (Wildman–Crippen LogP) is 1.73. The number of thioether (sulfide) groups is 1. The normalized spacial score (nSPS) is 11.9. The molecule has 5 heteroatoms. The van der Waals surface area contributed by atoms with Crippen molar-refractivity contribution in [1.29, 1.82) is 0 Å². The highest BCUT2D eigenvalue weighted by Gasteiger charge is 2.06. The monoisotopic (exact) mass is 213 g/mol. The standard InChI is InChI=1S/C9H15N3OS/c1-6-7(2)13-8(12-6)5-14-9(10-3)11-4/h5H2,1-4H3,(H,10,11). The van der Waals surface area contributed by atoms with E-state index in [1.807, 2.05) is 20.9 Å². The predicted molar refractivity (Wildman–Crippen MR) is 59.7 cm³/mol. The Hall–Kier alpha value is -0.970. The molecule has 0 saturated carbocycles. The van der Waals surface area contributed by atoms with Crippen molar-refractivity contribution < 1.29 is 4.42 Å². The van der Waals surface area contributed by atoms with Crippen LogP contribution < -0.4 is 5.32 Å². The smallest absolute Gasteiger partial charge is 0.205 e. The maximum absolute atomic E-state index is 5.44. The first-order valence-electron chi connectivity index (χ1n) is 4.37. The van der Waals surface area contributed by atoms with Gasteiger partial charge < -0.3 is 9.73 Å². The highest BCUT2D eigenvalue weighted by Crippen LogP contribution is 2.15. The number of nitrogens with zero attached hydrogens (tertiary/aromatic N) is 2. The summed E-state index contributed by atoms with van der Waals surface area (Å²) in [5.41, 5.74) is 0.958. The van der Waals surface area contributed by atoms with Crippen LogP contribution in [0.4, 0.5) is 0 Å². The van der Waals surface area contributed by atoms with Crippen LogP contribution in [0.15, 0.2) is 9.41 Å². The van der Waals surface area contributed by atoms with E-state index >= 15 is 0 Å². The van der Waals surface area contributed by atoms with E-state index in [9.17, 15) is 0 Å². The summed E-state index contributed by atoms with van der Waals surface area (Å²) in [6.07, 6.45) is 0. The number of oxazole rings is 1. The Morgan fingerprint density at radius 3 is 2.71 bits per heavy atom. The molecule has 0 atom stereocenters. The molecule has 1 aromatic rings. The highest BCUT2D eigenvalue weighted by molar-refractivity contribution is 8.13. The first-order valence-corrected chi connectivity index (χ1v) is 5.36. The number of aliphatic imine (C=N–C) groups is 1. The van der Waals surface area contributed by atoms with E-state index in [1.54, 1.807) is 18.8 Å². The van der Waals surface area contributed by atoms with Gasteiger partial charge in [0.15, 0.2) is 5.17 Å². The quantitative estimate of drug-likeness (QED) is 0.600. The second kappa shape index (κ2) is 5.05. The first kappa shape index (κ1) is 11.1. The molecular formula is C9H15N3OS. The molecule has 0 radical (unpaired) electrons. The van der Waals surface area contributed by atoms with E-state index < -0.39 is 0 Å². The van der Waals surface area contributed by atoms with E-state index in [0.29, 0.717) is 5.75 Å². The number of aromatic nitrogens is 1. The summed E-state index contributed by atoms with van der Waals surface area (Å²) in [5, 5.41) is 3.87. The van der Waals surface area contributed by atoms with E-state index in [4.69, 9.17) is 4.42 Å². The second-order valence-electron chi connectivity index (χ2n) is 2.82. The molecule has 0 unspecified atom stereocenters. The second-order valence-corrected chi connectivity index (χ2v) is 3.78. The molecule has 1 heterocycles. The summed E-state index contributed by atoms with van der Waals surface area (Å²) in [6.45, 7) is 3.86. The molecule has 0 aliphatic rings. The van der Waals surface area contributed by atoms with Crippen LogP contribution in [0.1, 0.15) is 17.3 Å². The third-order valence-electron chi connectivity index (χ3n) is 1.82. The molecule has 1 rings (SSSR count). The zero-order valence-corrected chi connectivity index (χ0v) is 9.73. The largest absolute Gasteiger partial charge is 0.445 e. The molecule has 0 aromatic carbocycles. The van der Waals surface area contributed by atoms with Crippen molar-refractivity contribution in [1.82, 2.24) is 10.3 Å². The average molecular weight is 213 g/mol. The fourth-order valence-electron chi connectivity index (χ4n) is 0.980. The number of rotatable bonds is 2. The molecule has 1 aromatic heterocycles. The fourth-order valence-corrected chi connectivity index (χ4v) is 1.64. The van der Waals surface area contributed by atoms with E-state index in [1.165, 1.54) is 0 Å². The number of hydrogen-bond acceptors (Lipinski definition) is 4. The van der Waals surface area contributed by atoms with Crippen LogP contribution in [-0.2, 0) is 5.75 Å². The maximum Gasteiger partial charge on any atom is 0.205 e. The van der Waals surface area contributed by atoms with Gasteiger partial charge in [-0.2, -0.15) is 0 Å². The van der Waals surface area contributed by atoms with Crippen LogP contribution in [0.5, 0.6) is 0 Å². The Bertz CT molecular complexity index is 313. The van der Waals surface area contributed by atoms with Gasteiger partial charge in [0.1, 0.15) is 5.76 Å². The van der Waals surface area contributed by atoms with E-state index in [-0.39, 0.29) is 0 Å². The van der Waals surface area contributed by atoms with Crippen molar-refractivity contribution in [2.24, 2.45) is 4.99 Å². The average Bonchev–Trinajstić information content (AvgIpc) is 2.48. The summed E-state index contributed by atoms with van der Waals surface area (Å²) in [4.78, 5) is 8.33. The van der Waals surface area contributed by atoms with E-state index in [2.05, 4.69) is 15.3 Å². The summed E-state index contributed by atoms with van der Waals surface area (Å²) in [7, 11) is 3.60. The summed E-state index contributed by atoms with van der Waals surface area (Å²) in [6, 6.07) is 0. The molecule has 14 heavy (non-hydrogen) atoms. The van der Waals surface area contributed by atoms with Crippen molar-refractivity contribution in [3.05, 3.63) is 17.3 Å². The molecule has 4 nitrogen and oxygen atoms in total. The van der Waals surface area contributed by atoms with E-state index in [0.717, 1.165) is 22.5 Å². The van der Waals surface area contributed by atoms with Crippen molar-refractivity contribution in [3.63, 3.8) is 0 Å². The first-order chi connectivity index (χ1) is 6.67. The lowest BCUT2D eigenvalue weighted by molar-refractivity contribution is 0.490. The summed E-state index contributed by atoms with van der Waals surface area (Å²) >= 11 is 1.58. The third-order valence-corrected chi connectivity index (χ3v) is 2.87. The lowest BCUT2D eigenvalue weighted by atomic mass is 10.4. The van der Waals surface area contributed by atoms with Crippen molar-refractivity contribution in [3.8, 4) is 0 Å². The Labute approximate surface area is 88.2 Å². The molecule has 0 aliphatic heterocycles. The number of nitrogens with one attached hydrogen (secondary N) is 1. The Kier molecular flexibility index (Phi) is 4.00. The lowest BCUT2D eigenvalue weighted by Gasteiger charge is -2.00. The van der Waals surface area contributed by atoms with Crippen LogP contribution in [-0.4, -0.2) is 24.2 Å². The SMILES string of the molecule is CN=C(NC)SCc1nc(C)c(C)o1. The molecular weight excluding hydrogens is 198 g/mol. The molecule has 0 bridgehead atoms. The van der Waals surface area contributed by atoms with Gasteiger partial charge in [0.25, 0.3) is 0 Å². The molecule has 0 aliphatic carbocycles. The Morgan fingerprint density at radius 2 is 2.29 bits per heavy atom. The third kappa shape index (κ3) is 2.77. The lowest BCUT2D eigenvalue weighted by Crippen LogP contribution is -2.14. The van der Waals surface area contributed by atoms with Gasteiger partial charge >= 0.3 is 0 Å². The Morgan fingerprint density at radius 1 is 1.57 bits per heavy atom. The number of aryl methyl sites for hydroxylation is 2. The zero-order chi connectivity index (χ0) is 10.6. The van der Waals surface area contributed by atoms with Crippen molar-refractivity contribution >= 4 is 16.9 Å². The molecule has 78 valence electrons. The molecule has 0 amide bonds. The van der Waals surface area contributed by atoms with Crippen LogP contribution in [0.3, 0.4) is 0 Å². The summed E-state index contributed by atoms with van der Waals surface area (Å²) < 4.78 is 5.44. The van der Waals surface area contributed by atoms with Crippen LogP contribution in [0.25, 0.3) is 0 Å². The zero-order valence-electron chi connectivity index (χ0n) is 8.92. The van der Waals surface area contributed by atoms with Gasteiger partial charge in [-0.1, -0.05) is 11.8 Å². The Balaban J connectivity index is 2.53. The minimum Gasteiger partial charge on any atom is -0.445 e. The van der Waals surface area contributed by atoms with Gasteiger partial charge in [-0.15, -0.1) is 0 Å². The van der Waals surface area contributed by atoms with Crippen LogP contribution >= 0.6 is 11.8 Å². The van der Waals surface area contributed by atoms with Crippen molar-refractivity contribution in [2.75, 3.05) is 14.1 Å². The van der Waals surface area contributed by atoms with Gasteiger partial charge in [0.05, 0.1) is 11.4 Å². The minimum atomic E-state index is 0.711. The molecule has 1 N–H and O–H groups in total. The van der Waals surface area contributed by atoms with Gasteiger partial charge in [-0.05, 0) is 13.8 Å². The van der Waals surface area contributed by atoms with Gasteiger partial charge in [0, 0.05) is 14.1 Å². The van der Waals surface area contributed by atoms with Gasteiger partial charge in [-0.3, -0.25) is 4.99 Å². The molecule has 0 fully saturated rings. The number of hydrogen-bond donors (Lipinski definition) is 1. The number of amidine groups is 1. The van der Waals surface area contributed by atoms with Crippen molar-refractivity contribution in [2.45, 2.75) is 19.6 Å². The van der Waals surface area contributed by atoms with Crippen LogP contribution in [0, 0.1) is 13.8 Å². The molecule has 0 saturated heterocycles. The maximum atomic E-state index is 5.44. The minimum absolute atomic E-state index is 0.711. The highest BCUT2D eigenvalue weighted by atomic mass is 32.2. The summed E-state index contributed by atoms with van der Waals surface area (Å²) in [5.74, 6) is 2.35. The topological polar surface area (TPSA) is 50.4 Å².